The second-order valence-electron chi connectivity index (χ2n) is 3.10. The molecule has 0 unspecified atom stereocenters. The highest BCUT2D eigenvalue weighted by Crippen LogP contribution is 2.14. The van der Waals surface area contributed by atoms with Crippen molar-refractivity contribution in [3.63, 3.8) is 0 Å². The quantitative estimate of drug-likeness (QED) is 0.592. The molecule has 0 saturated heterocycles. The Bertz CT molecular complexity index is 461. The molecule has 15 heavy (non-hydrogen) atoms. The lowest BCUT2D eigenvalue weighted by molar-refractivity contribution is 0.598. The van der Waals surface area contributed by atoms with Crippen LogP contribution in [-0.2, 0) is 10.0 Å². The lowest BCUT2D eigenvalue weighted by atomic mass is 10.2. The number of sulfonamides is 1. The summed E-state index contributed by atoms with van der Waals surface area (Å²) in [5, 5.41) is 0.538. The molecule has 0 saturated carbocycles. The standard InChI is InChI=1S/C10H13NO2S2/c1-8-4-6-10(7-5-8)15(12,13)11-9(2)14-3/h4-7H,1-3H3/b11-9-. The van der Waals surface area contributed by atoms with Gasteiger partial charge in [-0.1, -0.05) is 17.7 Å². The van der Waals surface area contributed by atoms with Gasteiger partial charge in [-0.2, -0.15) is 12.8 Å². The Hall–Kier alpha value is -0.810. The Morgan fingerprint density at radius 1 is 1.27 bits per heavy atom. The predicted molar refractivity (Wildman–Crippen MR) is 65.0 cm³/mol. The first-order valence-electron chi connectivity index (χ1n) is 4.38. The van der Waals surface area contributed by atoms with Crippen LogP contribution in [0.25, 0.3) is 0 Å². The molecule has 0 aliphatic carbocycles. The van der Waals surface area contributed by atoms with Gasteiger partial charge in [-0.3, -0.25) is 0 Å². The van der Waals surface area contributed by atoms with E-state index in [-0.39, 0.29) is 4.90 Å². The van der Waals surface area contributed by atoms with Crippen LogP contribution in [-0.4, -0.2) is 19.7 Å². The molecule has 0 heterocycles. The minimum absolute atomic E-state index is 0.238. The lowest BCUT2D eigenvalue weighted by Gasteiger charge is -2.00. The van der Waals surface area contributed by atoms with Crippen LogP contribution in [0.15, 0.2) is 33.6 Å². The minimum atomic E-state index is -3.52. The summed E-state index contributed by atoms with van der Waals surface area (Å²) in [5.74, 6) is 0. The smallest absolute Gasteiger partial charge is 0.199 e. The molecule has 1 aromatic carbocycles. The van der Waals surface area contributed by atoms with Gasteiger partial charge in [0.15, 0.2) is 0 Å². The van der Waals surface area contributed by atoms with Crippen molar-refractivity contribution in [3.8, 4) is 0 Å². The number of hydrogen-bond donors (Lipinski definition) is 0. The van der Waals surface area contributed by atoms with Crippen LogP contribution in [0.3, 0.4) is 0 Å². The van der Waals surface area contributed by atoms with Gasteiger partial charge in [-0.25, -0.2) is 0 Å². The van der Waals surface area contributed by atoms with Gasteiger partial charge in [0.25, 0.3) is 10.0 Å². The van der Waals surface area contributed by atoms with Crippen molar-refractivity contribution in [2.45, 2.75) is 18.7 Å². The molecule has 0 fully saturated rings. The fraction of sp³-hybridized carbons (Fsp3) is 0.300. The molecular weight excluding hydrogens is 230 g/mol. The summed E-state index contributed by atoms with van der Waals surface area (Å²) in [6, 6.07) is 6.66. The summed E-state index contributed by atoms with van der Waals surface area (Å²) in [6.07, 6.45) is 1.80. The van der Waals surface area contributed by atoms with Crippen LogP contribution < -0.4 is 0 Å². The molecule has 0 spiro atoms. The van der Waals surface area contributed by atoms with E-state index < -0.39 is 10.0 Å². The van der Waals surface area contributed by atoms with Gasteiger partial charge < -0.3 is 0 Å². The SMILES string of the molecule is CS/C(C)=N\S(=O)(=O)c1ccc(C)cc1. The summed E-state index contributed by atoms with van der Waals surface area (Å²) < 4.78 is 27.1. The molecule has 0 N–H and O–H groups in total. The highest BCUT2D eigenvalue weighted by atomic mass is 32.2. The first-order chi connectivity index (χ1) is 6.95. The molecule has 0 aliphatic heterocycles. The van der Waals surface area contributed by atoms with E-state index in [0.29, 0.717) is 5.04 Å². The van der Waals surface area contributed by atoms with Gasteiger partial charge in [-0.15, -0.1) is 11.8 Å². The zero-order valence-electron chi connectivity index (χ0n) is 8.89. The summed E-state index contributed by atoms with van der Waals surface area (Å²) in [4.78, 5) is 0.238. The van der Waals surface area contributed by atoms with Crippen molar-refractivity contribution in [3.05, 3.63) is 29.8 Å². The minimum Gasteiger partial charge on any atom is -0.199 e. The fourth-order valence-electron chi connectivity index (χ4n) is 0.969. The van der Waals surface area contributed by atoms with Crippen LogP contribution in [0.5, 0.6) is 0 Å². The molecule has 82 valence electrons. The van der Waals surface area contributed by atoms with E-state index in [0.717, 1.165) is 5.56 Å². The van der Waals surface area contributed by atoms with E-state index in [1.807, 2.05) is 6.92 Å². The highest BCUT2D eigenvalue weighted by molar-refractivity contribution is 8.13. The number of thioether (sulfide) groups is 1. The van der Waals surface area contributed by atoms with Crippen LogP contribution >= 0.6 is 11.8 Å². The average molecular weight is 243 g/mol. The monoisotopic (exact) mass is 243 g/mol. The largest absolute Gasteiger partial charge is 0.283 e. The van der Waals surface area contributed by atoms with Crippen molar-refractivity contribution in [2.75, 3.05) is 6.26 Å². The molecule has 5 heteroatoms. The zero-order chi connectivity index (χ0) is 11.5. The molecular formula is C10H13NO2S2. The first kappa shape index (κ1) is 12.3. The maximum atomic E-state index is 11.7. The second-order valence-corrected chi connectivity index (χ2v) is 5.71. The van der Waals surface area contributed by atoms with Crippen molar-refractivity contribution >= 4 is 26.8 Å². The Kier molecular flexibility index (Phi) is 3.93. The van der Waals surface area contributed by atoms with Crippen molar-refractivity contribution in [1.29, 1.82) is 0 Å². The Balaban J connectivity index is 3.13. The lowest BCUT2D eigenvalue weighted by Crippen LogP contribution is -1.99. The van der Waals surface area contributed by atoms with Crippen molar-refractivity contribution in [1.82, 2.24) is 0 Å². The number of aryl methyl sites for hydroxylation is 1. The molecule has 3 nitrogen and oxygen atoms in total. The van der Waals surface area contributed by atoms with E-state index in [1.54, 1.807) is 37.4 Å². The van der Waals surface area contributed by atoms with E-state index in [4.69, 9.17) is 0 Å². The first-order valence-corrected chi connectivity index (χ1v) is 7.04. The van der Waals surface area contributed by atoms with E-state index >= 15 is 0 Å². The highest BCUT2D eigenvalue weighted by Gasteiger charge is 2.11. The zero-order valence-corrected chi connectivity index (χ0v) is 10.5. The third kappa shape index (κ3) is 3.35. The number of nitrogens with zero attached hydrogens (tertiary/aromatic N) is 1. The van der Waals surface area contributed by atoms with Crippen LogP contribution in [0.4, 0.5) is 0 Å². The molecule has 1 rings (SSSR count). The summed E-state index contributed by atoms with van der Waals surface area (Å²) >= 11 is 1.32. The maximum Gasteiger partial charge on any atom is 0.283 e. The molecule has 1 aromatic rings. The van der Waals surface area contributed by atoms with Crippen molar-refractivity contribution in [2.24, 2.45) is 4.40 Å². The molecule has 0 amide bonds. The Morgan fingerprint density at radius 3 is 2.27 bits per heavy atom. The Morgan fingerprint density at radius 2 is 1.80 bits per heavy atom. The molecule has 0 bridgehead atoms. The van der Waals surface area contributed by atoms with Crippen LogP contribution in [0.2, 0.25) is 0 Å². The molecule has 0 aliphatic rings. The van der Waals surface area contributed by atoms with E-state index in [1.165, 1.54) is 11.8 Å². The average Bonchev–Trinajstić information content (AvgIpc) is 2.17. The number of benzene rings is 1. The fourth-order valence-corrected chi connectivity index (χ4v) is 2.49. The van der Waals surface area contributed by atoms with Gasteiger partial charge in [0, 0.05) is 0 Å². The molecule has 0 atom stereocenters. The van der Waals surface area contributed by atoms with Crippen LogP contribution in [0.1, 0.15) is 12.5 Å². The summed E-state index contributed by atoms with van der Waals surface area (Å²) in [7, 11) is -3.52. The van der Waals surface area contributed by atoms with E-state index in [9.17, 15) is 8.42 Å². The normalized spacial score (nSPS) is 12.9. The van der Waals surface area contributed by atoms with Gasteiger partial charge in [-0.05, 0) is 32.2 Å². The predicted octanol–water partition coefficient (Wildman–Crippen LogP) is 2.47. The van der Waals surface area contributed by atoms with Gasteiger partial charge >= 0.3 is 0 Å². The maximum absolute atomic E-state index is 11.7. The van der Waals surface area contributed by atoms with E-state index in [2.05, 4.69) is 4.40 Å². The number of hydrogen-bond acceptors (Lipinski definition) is 3. The number of rotatable bonds is 2. The Labute approximate surface area is 94.7 Å². The molecule has 0 radical (unpaired) electrons. The second kappa shape index (κ2) is 4.81. The van der Waals surface area contributed by atoms with Gasteiger partial charge in [0.1, 0.15) is 0 Å². The van der Waals surface area contributed by atoms with Gasteiger partial charge in [0.2, 0.25) is 0 Å². The third-order valence-electron chi connectivity index (χ3n) is 1.86. The van der Waals surface area contributed by atoms with Crippen LogP contribution in [0, 0.1) is 6.92 Å². The molecule has 0 aromatic heterocycles. The van der Waals surface area contributed by atoms with Crippen molar-refractivity contribution < 1.29 is 8.42 Å². The third-order valence-corrected chi connectivity index (χ3v) is 4.04. The summed E-state index contributed by atoms with van der Waals surface area (Å²) in [5.41, 5.74) is 1.03. The topological polar surface area (TPSA) is 46.5 Å². The summed E-state index contributed by atoms with van der Waals surface area (Å²) in [6.45, 7) is 3.59. The van der Waals surface area contributed by atoms with Gasteiger partial charge in [0.05, 0.1) is 9.94 Å².